The van der Waals surface area contributed by atoms with Crippen LogP contribution in [0.15, 0.2) is 120 Å². The van der Waals surface area contributed by atoms with Gasteiger partial charge in [0.2, 0.25) is 0 Å². The molecule has 2 amide bonds. The zero-order valence-corrected chi connectivity index (χ0v) is 38.3. The lowest BCUT2D eigenvalue weighted by atomic mass is 9.85. The number of imidazole rings is 2. The third kappa shape index (κ3) is 9.94. The molecule has 3 aromatic carbocycles. The zero-order valence-electron chi connectivity index (χ0n) is 36.6. The number of nitrogens with zero attached hydrogens (tertiary/aromatic N) is 7. The summed E-state index contributed by atoms with van der Waals surface area (Å²) in [5, 5.41) is 5.20. The van der Waals surface area contributed by atoms with Gasteiger partial charge in [-0.2, -0.15) is 21.8 Å². The third-order valence-corrected chi connectivity index (χ3v) is 16.0. The summed E-state index contributed by atoms with van der Waals surface area (Å²) in [5.74, 6) is -5.51. The summed E-state index contributed by atoms with van der Waals surface area (Å²) >= 11 is 0. The van der Waals surface area contributed by atoms with E-state index in [0.717, 1.165) is 30.3 Å². The molecule has 2 atom stereocenters. The molecule has 2 N–H and O–H groups in total. The van der Waals surface area contributed by atoms with Crippen LogP contribution in [0.3, 0.4) is 0 Å². The third-order valence-electron chi connectivity index (χ3n) is 12.4. The highest BCUT2D eigenvalue weighted by Gasteiger charge is 2.41. The summed E-state index contributed by atoms with van der Waals surface area (Å²) < 4.78 is 135. The number of piperidine rings is 2. The van der Waals surface area contributed by atoms with Gasteiger partial charge in [0.1, 0.15) is 17.2 Å². The topological polar surface area (TPSA) is 181 Å². The van der Waals surface area contributed by atoms with E-state index in [9.17, 15) is 35.2 Å². The molecular formula is C46H46F5N9O6S2. The van der Waals surface area contributed by atoms with E-state index in [4.69, 9.17) is 0 Å². The lowest BCUT2D eigenvalue weighted by Crippen LogP contribution is -2.43. The Kier molecular flexibility index (Phi) is 13.7. The number of nitrogens with one attached hydrogen (secondary N) is 2. The van der Waals surface area contributed by atoms with Crippen LogP contribution in [0.2, 0.25) is 0 Å². The van der Waals surface area contributed by atoms with Crippen molar-refractivity contribution in [1.82, 2.24) is 43.3 Å². The molecule has 5 heterocycles. The second-order valence-corrected chi connectivity index (χ2v) is 20.6. The number of benzene rings is 3. The fourth-order valence-electron chi connectivity index (χ4n) is 8.96. The normalized spacial score (nSPS) is 16.9. The highest BCUT2D eigenvalue weighted by atomic mass is 32.2. The maximum atomic E-state index is 15.4. The number of hydrogen-bond acceptors (Lipinski definition) is 9. The largest absolute Gasteiger partial charge is 0.417 e. The maximum Gasteiger partial charge on any atom is 0.417 e. The van der Waals surface area contributed by atoms with Gasteiger partial charge >= 0.3 is 6.18 Å². The molecule has 2 aliphatic heterocycles. The highest BCUT2D eigenvalue weighted by Crippen LogP contribution is 2.41. The first kappa shape index (κ1) is 48.1. The van der Waals surface area contributed by atoms with Gasteiger partial charge in [0.25, 0.3) is 31.9 Å². The van der Waals surface area contributed by atoms with E-state index in [1.165, 1.54) is 67.1 Å². The van der Waals surface area contributed by atoms with Crippen molar-refractivity contribution < 1.29 is 48.4 Å². The first-order valence-corrected chi connectivity index (χ1v) is 24.5. The van der Waals surface area contributed by atoms with Gasteiger partial charge in [0, 0.05) is 58.2 Å². The van der Waals surface area contributed by atoms with Crippen LogP contribution in [0.25, 0.3) is 11.3 Å². The van der Waals surface area contributed by atoms with Crippen molar-refractivity contribution in [2.45, 2.75) is 54.0 Å². The molecule has 2 unspecified atom stereocenters. The highest BCUT2D eigenvalue weighted by molar-refractivity contribution is 7.89. The zero-order chi connectivity index (χ0) is 48.5. The Labute approximate surface area is 389 Å². The lowest BCUT2D eigenvalue weighted by Gasteiger charge is -2.36. The van der Waals surface area contributed by atoms with Crippen LogP contribution in [0.4, 0.5) is 22.0 Å². The van der Waals surface area contributed by atoms with E-state index in [-0.39, 0.29) is 79.2 Å². The molecule has 22 heteroatoms. The SMILES string of the molecule is Cn1cnc(S(=O)(=O)N2CCC(C(NC(=O)c3cccc(-c4cccc(C(NC(=O)c5c(F)cccc5F)C5CCN(S(=O)(=O)c6cn(C)cn6)CC5)n4)c3C(F)(F)F)c3ccccc3)CC2)c1. The summed E-state index contributed by atoms with van der Waals surface area (Å²) in [7, 11) is -4.68. The lowest BCUT2D eigenvalue weighted by molar-refractivity contribution is -0.137. The van der Waals surface area contributed by atoms with Gasteiger partial charge < -0.3 is 19.8 Å². The van der Waals surface area contributed by atoms with E-state index >= 15 is 13.2 Å². The molecule has 0 radical (unpaired) electrons. The number of pyridine rings is 1. The fraction of sp³-hybridized carbons (Fsp3) is 0.326. The Balaban J connectivity index is 1.10. The van der Waals surface area contributed by atoms with Crippen LogP contribution in [0.5, 0.6) is 0 Å². The van der Waals surface area contributed by atoms with Crippen molar-refractivity contribution in [2.24, 2.45) is 25.9 Å². The summed E-state index contributed by atoms with van der Waals surface area (Å²) in [6, 6.07) is 17.2. The Morgan fingerprint density at radius 1 is 0.647 bits per heavy atom. The minimum atomic E-state index is -5.11. The van der Waals surface area contributed by atoms with Gasteiger partial charge in [-0.05, 0) is 73.4 Å². The molecule has 15 nitrogen and oxygen atoms in total. The molecule has 0 saturated carbocycles. The van der Waals surface area contributed by atoms with Crippen LogP contribution in [0, 0.1) is 23.5 Å². The molecule has 0 bridgehead atoms. The molecule has 6 aromatic rings. The van der Waals surface area contributed by atoms with Gasteiger partial charge in [-0.1, -0.05) is 54.6 Å². The average molecular weight is 980 g/mol. The Bertz CT molecular complexity index is 3020. The minimum Gasteiger partial charge on any atom is -0.345 e. The van der Waals surface area contributed by atoms with E-state index in [2.05, 4.69) is 25.6 Å². The molecule has 68 heavy (non-hydrogen) atoms. The number of carbonyl (C=O) groups is 2. The number of alkyl halides is 3. The maximum absolute atomic E-state index is 15.4. The van der Waals surface area contributed by atoms with Crippen molar-refractivity contribution in [3.05, 3.63) is 150 Å². The number of carbonyl (C=O) groups excluding carboxylic acids is 2. The van der Waals surface area contributed by atoms with Crippen molar-refractivity contribution in [3.8, 4) is 11.3 Å². The number of aryl methyl sites for hydroxylation is 2. The van der Waals surface area contributed by atoms with Gasteiger partial charge in [-0.15, -0.1) is 0 Å². The predicted molar refractivity (Wildman–Crippen MR) is 237 cm³/mol. The number of sulfonamides is 2. The summed E-state index contributed by atoms with van der Waals surface area (Å²) in [5.41, 5.74) is -2.99. The summed E-state index contributed by atoms with van der Waals surface area (Å²) in [4.78, 5) is 40.5. The van der Waals surface area contributed by atoms with Gasteiger partial charge in [-0.3, -0.25) is 14.6 Å². The molecule has 2 aliphatic rings. The smallest absolute Gasteiger partial charge is 0.345 e. The number of rotatable bonds is 13. The quantitative estimate of drug-likeness (QED) is 0.120. The van der Waals surface area contributed by atoms with Crippen molar-refractivity contribution in [2.75, 3.05) is 26.2 Å². The number of halogens is 5. The van der Waals surface area contributed by atoms with Crippen LogP contribution >= 0.6 is 0 Å². The van der Waals surface area contributed by atoms with E-state index < -0.39 is 89.9 Å². The Morgan fingerprint density at radius 2 is 1.15 bits per heavy atom. The van der Waals surface area contributed by atoms with Crippen LogP contribution in [0.1, 0.15) is 75.3 Å². The molecular weight excluding hydrogens is 934 g/mol. The van der Waals surface area contributed by atoms with Crippen LogP contribution < -0.4 is 10.6 Å². The van der Waals surface area contributed by atoms with E-state index in [1.807, 2.05) is 0 Å². The summed E-state index contributed by atoms with van der Waals surface area (Å²) in [6.45, 7) is 0.0567. The molecule has 358 valence electrons. The first-order chi connectivity index (χ1) is 32.3. The summed E-state index contributed by atoms with van der Waals surface area (Å²) in [6.07, 6.45) is 1.10. The molecule has 0 spiro atoms. The Morgan fingerprint density at radius 3 is 1.66 bits per heavy atom. The molecule has 2 saturated heterocycles. The molecule has 0 aliphatic carbocycles. The number of aromatic nitrogens is 5. The fourth-order valence-corrected chi connectivity index (χ4v) is 11.8. The molecule has 2 fully saturated rings. The van der Waals surface area contributed by atoms with Crippen LogP contribution in [-0.2, 0) is 40.3 Å². The predicted octanol–water partition coefficient (Wildman–Crippen LogP) is 6.66. The van der Waals surface area contributed by atoms with Crippen LogP contribution in [-0.4, -0.2) is 87.5 Å². The minimum absolute atomic E-state index is 0.0159. The van der Waals surface area contributed by atoms with Crippen molar-refractivity contribution in [1.29, 1.82) is 0 Å². The van der Waals surface area contributed by atoms with E-state index in [1.54, 1.807) is 44.4 Å². The second-order valence-electron chi connectivity index (χ2n) is 16.8. The monoisotopic (exact) mass is 979 g/mol. The first-order valence-electron chi connectivity index (χ1n) is 21.6. The molecule has 8 rings (SSSR count). The second kappa shape index (κ2) is 19.3. The molecule has 3 aromatic heterocycles. The van der Waals surface area contributed by atoms with Gasteiger partial charge in [0.15, 0.2) is 10.1 Å². The van der Waals surface area contributed by atoms with Gasteiger partial charge in [-0.25, -0.2) is 35.6 Å². The average Bonchev–Trinajstić information content (AvgIpc) is 3.98. The van der Waals surface area contributed by atoms with Gasteiger partial charge in [0.05, 0.1) is 47.3 Å². The van der Waals surface area contributed by atoms with Crippen molar-refractivity contribution >= 4 is 31.9 Å². The number of hydrogen-bond donors (Lipinski definition) is 2. The van der Waals surface area contributed by atoms with Crippen molar-refractivity contribution in [3.63, 3.8) is 0 Å². The number of amides is 2. The van der Waals surface area contributed by atoms with E-state index in [0.29, 0.717) is 5.56 Å². The standard InChI is InChI=1S/C46H46F5N9O6S2/c1-57-25-38(52-27-57)67(63,64)59-21-17-30(18-22-59)42(29-9-4-3-5-10-29)55-44(61)33-12-6-11-32(41(33)46(49,50)51)36-15-8-16-37(54-36)43(56-45(62)40-34(47)13-7-14-35(40)48)31-19-23-60(24-20-31)68(65,66)39-26-58(2)28-53-39/h3-16,25-28,30-31,42-43H,17-24H2,1-2H3,(H,55,61)(H,56,62). The Hall–Kier alpha value is -6.36.